The maximum Gasteiger partial charge on any atom is 0.241 e. The van der Waals surface area contributed by atoms with Gasteiger partial charge in [0.05, 0.1) is 5.71 Å². The predicted molar refractivity (Wildman–Crippen MR) is 128 cm³/mol. The Bertz CT molecular complexity index is 1390. The van der Waals surface area contributed by atoms with Crippen molar-refractivity contribution in [3.05, 3.63) is 96.6 Å². The zero-order valence-corrected chi connectivity index (χ0v) is 17.4. The Kier molecular flexibility index (Phi) is 4.97. The first-order chi connectivity index (χ1) is 15.2. The van der Waals surface area contributed by atoms with E-state index < -0.39 is 0 Å². The molecule has 31 heavy (non-hydrogen) atoms. The lowest BCUT2D eigenvalue weighted by Gasteiger charge is -2.08. The minimum atomic E-state index is -0.0954. The Hall–Kier alpha value is -3.92. The largest absolute Gasteiger partial charge is 0.340 e. The number of amides is 1. The molecule has 4 aromatic carbocycles. The van der Waals surface area contributed by atoms with Gasteiger partial charge in [-0.2, -0.15) is 5.10 Å². The van der Waals surface area contributed by atoms with Crippen molar-refractivity contribution in [3.8, 4) is 0 Å². The van der Waals surface area contributed by atoms with Crippen LogP contribution in [0.5, 0.6) is 0 Å². The highest BCUT2D eigenvalue weighted by Gasteiger charge is 2.11. The van der Waals surface area contributed by atoms with E-state index >= 15 is 0 Å². The van der Waals surface area contributed by atoms with Crippen molar-refractivity contribution in [3.63, 3.8) is 0 Å². The van der Waals surface area contributed by atoms with Crippen molar-refractivity contribution in [2.45, 2.75) is 19.9 Å². The summed E-state index contributed by atoms with van der Waals surface area (Å²) in [5, 5.41) is 9.11. The van der Waals surface area contributed by atoms with Crippen LogP contribution in [0.4, 0.5) is 0 Å². The standard InChI is InChI=1S/C27H23N3O/c1-19(21-15-14-20-8-2-3-9-22(20)18-21)28-29-27(31)16-17-30-25-12-6-4-10-23(25)24-11-5-7-13-26(24)30/h2-15,18H,16-17H2,1H3,(H,29,31)/b28-19-. The number of hydrogen-bond acceptors (Lipinski definition) is 2. The number of carbonyl (C=O) groups is 1. The highest BCUT2D eigenvalue weighted by atomic mass is 16.2. The first-order valence-electron chi connectivity index (χ1n) is 10.5. The Morgan fingerprint density at radius 3 is 2.13 bits per heavy atom. The first-order valence-corrected chi connectivity index (χ1v) is 10.5. The zero-order valence-electron chi connectivity index (χ0n) is 17.4. The molecule has 5 aromatic rings. The molecule has 1 N–H and O–H groups in total. The van der Waals surface area contributed by atoms with Gasteiger partial charge in [-0.05, 0) is 41.5 Å². The molecule has 4 nitrogen and oxygen atoms in total. The van der Waals surface area contributed by atoms with Crippen LogP contribution >= 0.6 is 0 Å². The molecule has 1 amide bonds. The quantitative estimate of drug-likeness (QED) is 0.288. The maximum absolute atomic E-state index is 12.5. The molecule has 0 saturated carbocycles. The predicted octanol–water partition coefficient (Wildman–Crippen LogP) is 5.88. The average molecular weight is 406 g/mol. The SMILES string of the molecule is C/C(=N/NC(=O)CCn1c2ccccc2c2ccccc21)c1ccc2ccccc2c1. The fourth-order valence-electron chi connectivity index (χ4n) is 4.14. The number of fused-ring (bicyclic) bond motifs is 4. The van der Waals surface area contributed by atoms with Crippen molar-refractivity contribution >= 4 is 44.2 Å². The molecule has 5 rings (SSSR count). The van der Waals surface area contributed by atoms with Crippen LogP contribution in [0.2, 0.25) is 0 Å². The smallest absolute Gasteiger partial charge is 0.241 e. The Labute approximate surface area is 180 Å². The average Bonchev–Trinajstić information content (AvgIpc) is 3.14. The van der Waals surface area contributed by atoms with Crippen LogP contribution in [0.3, 0.4) is 0 Å². The number of aromatic nitrogens is 1. The molecule has 0 saturated heterocycles. The molecular formula is C27H23N3O. The van der Waals surface area contributed by atoms with Crippen molar-refractivity contribution in [2.75, 3.05) is 0 Å². The fraction of sp³-hybridized carbons (Fsp3) is 0.111. The number of hydrogen-bond donors (Lipinski definition) is 1. The molecule has 0 atom stereocenters. The highest BCUT2D eigenvalue weighted by molar-refractivity contribution is 6.08. The summed E-state index contributed by atoms with van der Waals surface area (Å²) in [6.07, 6.45) is 0.358. The molecule has 1 heterocycles. The van der Waals surface area contributed by atoms with E-state index in [0.717, 1.165) is 27.7 Å². The number of benzene rings is 4. The second kappa shape index (κ2) is 8.07. The van der Waals surface area contributed by atoms with E-state index in [2.05, 4.69) is 75.8 Å². The van der Waals surface area contributed by atoms with Crippen molar-refractivity contribution in [2.24, 2.45) is 5.10 Å². The van der Waals surface area contributed by atoms with Crippen LogP contribution in [-0.2, 0) is 11.3 Å². The Morgan fingerprint density at radius 1 is 0.806 bits per heavy atom. The lowest BCUT2D eigenvalue weighted by atomic mass is 10.0. The fourth-order valence-corrected chi connectivity index (χ4v) is 4.14. The van der Waals surface area contributed by atoms with Crippen LogP contribution in [0.15, 0.2) is 96.1 Å². The van der Waals surface area contributed by atoms with Crippen LogP contribution in [0.25, 0.3) is 32.6 Å². The summed E-state index contributed by atoms with van der Waals surface area (Å²) in [5.74, 6) is -0.0954. The number of hydrazone groups is 1. The second-order valence-corrected chi connectivity index (χ2v) is 7.73. The van der Waals surface area contributed by atoms with Crippen molar-refractivity contribution in [1.29, 1.82) is 0 Å². The van der Waals surface area contributed by atoms with Gasteiger partial charge in [-0.1, -0.05) is 72.8 Å². The molecule has 0 aliphatic heterocycles. The summed E-state index contributed by atoms with van der Waals surface area (Å²) >= 11 is 0. The van der Waals surface area contributed by atoms with E-state index in [-0.39, 0.29) is 5.91 Å². The third-order valence-corrected chi connectivity index (χ3v) is 5.76. The Balaban J connectivity index is 1.32. The van der Waals surface area contributed by atoms with E-state index in [1.54, 1.807) is 0 Å². The molecule has 0 radical (unpaired) electrons. The normalized spacial score (nSPS) is 12.0. The number of nitrogens with zero attached hydrogens (tertiary/aromatic N) is 2. The van der Waals surface area contributed by atoms with Crippen LogP contribution < -0.4 is 5.43 Å². The summed E-state index contributed by atoms with van der Waals surface area (Å²) in [4.78, 5) is 12.5. The summed E-state index contributed by atoms with van der Waals surface area (Å²) in [5.41, 5.74) is 6.80. The van der Waals surface area contributed by atoms with Gasteiger partial charge in [0.25, 0.3) is 0 Å². The maximum atomic E-state index is 12.5. The molecular weight excluding hydrogens is 382 g/mol. The molecule has 152 valence electrons. The van der Waals surface area contributed by atoms with Crippen molar-refractivity contribution < 1.29 is 4.79 Å². The van der Waals surface area contributed by atoms with Gasteiger partial charge in [0.2, 0.25) is 5.91 Å². The number of para-hydroxylation sites is 2. The Morgan fingerprint density at radius 2 is 1.42 bits per heavy atom. The summed E-state index contributed by atoms with van der Waals surface area (Å²) in [7, 11) is 0. The molecule has 0 aliphatic rings. The summed E-state index contributed by atoms with van der Waals surface area (Å²) in [6, 6.07) is 31.1. The van der Waals surface area contributed by atoms with Gasteiger partial charge in [-0.3, -0.25) is 4.79 Å². The molecule has 0 fully saturated rings. The first kappa shape index (κ1) is 19.1. The molecule has 0 aliphatic carbocycles. The minimum absolute atomic E-state index is 0.0954. The van der Waals surface area contributed by atoms with E-state index in [1.165, 1.54) is 16.2 Å². The number of carbonyl (C=O) groups excluding carboxylic acids is 1. The van der Waals surface area contributed by atoms with E-state index in [1.807, 2.05) is 37.3 Å². The third kappa shape index (κ3) is 3.68. The van der Waals surface area contributed by atoms with E-state index in [9.17, 15) is 4.79 Å². The van der Waals surface area contributed by atoms with Crippen molar-refractivity contribution in [1.82, 2.24) is 9.99 Å². The lowest BCUT2D eigenvalue weighted by Crippen LogP contribution is -2.20. The van der Waals surface area contributed by atoms with Gasteiger partial charge in [-0.15, -0.1) is 0 Å². The van der Waals surface area contributed by atoms with Crippen LogP contribution in [-0.4, -0.2) is 16.2 Å². The lowest BCUT2D eigenvalue weighted by molar-refractivity contribution is -0.121. The third-order valence-electron chi connectivity index (χ3n) is 5.76. The monoisotopic (exact) mass is 405 g/mol. The molecule has 0 bridgehead atoms. The van der Waals surface area contributed by atoms with Crippen LogP contribution in [0, 0.1) is 0 Å². The molecule has 4 heteroatoms. The topological polar surface area (TPSA) is 46.4 Å². The molecule has 0 spiro atoms. The number of nitrogens with one attached hydrogen (secondary N) is 1. The van der Waals surface area contributed by atoms with Gasteiger partial charge in [-0.25, -0.2) is 5.43 Å². The summed E-state index contributed by atoms with van der Waals surface area (Å²) in [6.45, 7) is 2.52. The number of rotatable bonds is 5. The van der Waals surface area contributed by atoms with Crippen LogP contribution in [0.1, 0.15) is 18.9 Å². The van der Waals surface area contributed by atoms with Gasteiger partial charge < -0.3 is 4.57 Å². The molecule has 0 unspecified atom stereocenters. The second-order valence-electron chi connectivity index (χ2n) is 7.73. The van der Waals surface area contributed by atoms with Gasteiger partial charge >= 0.3 is 0 Å². The highest BCUT2D eigenvalue weighted by Crippen LogP contribution is 2.28. The molecule has 1 aromatic heterocycles. The number of aryl methyl sites for hydroxylation is 1. The summed E-state index contributed by atoms with van der Waals surface area (Å²) < 4.78 is 2.21. The van der Waals surface area contributed by atoms with Gasteiger partial charge in [0.1, 0.15) is 0 Å². The van der Waals surface area contributed by atoms with E-state index in [4.69, 9.17) is 0 Å². The van der Waals surface area contributed by atoms with Gasteiger partial charge in [0.15, 0.2) is 0 Å². The van der Waals surface area contributed by atoms with E-state index in [0.29, 0.717) is 13.0 Å². The zero-order chi connectivity index (χ0) is 21.2. The van der Waals surface area contributed by atoms with Gasteiger partial charge in [0, 0.05) is 34.8 Å². The minimum Gasteiger partial charge on any atom is -0.340 e.